The van der Waals surface area contributed by atoms with Crippen molar-refractivity contribution in [2.45, 2.75) is 44.8 Å². The molecule has 0 radical (unpaired) electrons. The van der Waals surface area contributed by atoms with Crippen LogP contribution < -0.4 is 5.32 Å². The fourth-order valence-electron chi connectivity index (χ4n) is 2.50. The van der Waals surface area contributed by atoms with E-state index in [0.717, 1.165) is 5.56 Å². The lowest BCUT2D eigenvalue weighted by atomic mass is 9.83. The Labute approximate surface area is 117 Å². The third-order valence-electron chi connectivity index (χ3n) is 3.64. The summed E-state index contributed by atoms with van der Waals surface area (Å²) in [6.45, 7) is 1.92. The fraction of sp³-hybridized carbons (Fsp3) is 0.533. The molecule has 0 spiro atoms. The van der Waals surface area contributed by atoms with Crippen molar-refractivity contribution in [1.29, 1.82) is 0 Å². The largest absolute Gasteiger partial charge is 0.445 e. The van der Waals surface area contributed by atoms with Crippen LogP contribution in [0.5, 0.6) is 0 Å². The van der Waals surface area contributed by atoms with Gasteiger partial charge in [-0.2, -0.15) is 0 Å². The van der Waals surface area contributed by atoms with E-state index < -0.39 is 12.0 Å². The summed E-state index contributed by atoms with van der Waals surface area (Å²) < 4.78 is 31.5. The van der Waals surface area contributed by atoms with Crippen LogP contribution in [0.3, 0.4) is 0 Å². The first-order valence-electron chi connectivity index (χ1n) is 6.81. The quantitative estimate of drug-likeness (QED) is 0.917. The van der Waals surface area contributed by atoms with Crippen molar-refractivity contribution in [3.05, 3.63) is 35.9 Å². The molecule has 1 aliphatic rings. The van der Waals surface area contributed by atoms with E-state index in [2.05, 4.69) is 5.32 Å². The molecule has 1 amide bonds. The first-order valence-corrected chi connectivity index (χ1v) is 6.81. The van der Waals surface area contributed by atoms with Gasteiger partial charge in [0.05, 0.1) is 0 Å². The van der Waals surface area contributed by atoms with E-state index in [0.29, 0.717) is 0 Å². The third-order valence-corrected chi connectivity index (χ3v) is 3.64. The second-order valence-electron chi connectivity index (χ2n) is 5.39. The summed E-state index contributed by atoms with van der Waals surface area (Å²) in [6, 6.07) is 9.09. The Balaban J connectivity index is 1.77. The number of carbonyl (C=O) groups is 1. The number of alkyl halides is 2. The highest BCUT2D eigenvalue weighted by Crippen LogP contribution is 2.36. The predicted molar refractivity (Wildman–Crippen MR) is 71.5 cm³/mol. The zero-order chi connectivity index (χ0) is 14.6. The maximum atomic E-state index is 13.2. The second kappa shape index (κ2) is 6.20. The van der Waals surface area contributed by atoms with Crippen LogP contribution in [0.2, 0.25) is 0 Å². The lowest BCUT2D eigenvalue weighted by Gasteiger charge is -2.34. The first-order chi connectivity index (χ1) is 9.46. The van der Waals surface area contributed by atoms with Crippen LogP contribution in [0.1, 0.15) is 31.7 Å². The van der Waals surface area contributed by atoms with E-state index in [1.54, 1.807) is 6.92 Å². The van der Waals surface area contributed by atoms with Gasteiger partial charge in [0.2, 0.25) is 5.92 Å². The van der Waals surface area contributed by atoms with Crippen molar-refractivity contribution in [3.63, 3.8) is 0 Å². The minimum atomic E-state index is -2.61. The maximum Gasteiger partial charge on any atom is 0.407 e. The van der Waals surface area contributed by atoms with E-state index in [-0.39, 0.29) is 37.8 Å². The molecule has 1 fully saturated rings. The number of alkyl carbamates (subject to hydrolysis) is 1. The average molecular weight is 283 g/mol. The molecule has 5 heteroatoms. The number of benzene rings is 1. The van der Waals surface area contributed by atoms with Gasteiger partial charge in [-0.25, -0.2) is 13.6 Å². The molecule has 1 N–H and O–H groups in total. The van der Waals surface area contributed by atoms with E-state index >= 15 is 0 Å². The fourth-order valence-corrected chi connectivity index (χ4v) is 2.50. The Kier molecular flexibility index (Phi) is 4.57. The number of nitrogens with one attached hydrogen (secondary N) is 1. The van der Waals surface area contributed by atoms with Gasteiger partial charge < -0.3 is 10.1 Å². The van der Waals surface area contributed by atoms with Gasteiger partial charge in [0.15, 0.2) is 0 Å². The Morgan fingerprint density at radius 3 is 2.75 bits per heavy atom. The molecular formula is C15H19F2NO2. The van der Waals surface area contributed by atoms with Gasteiger partial charge in [-0.1, -0.05) is 37.3 Å². The zero-order valence-electron chi connectivity index (χ0n) is 11.4. The second-order valence-corrected chi connectivity index (χ2v) is 5.39. The molecule has 0 aliphatic heterocycles. The normalized spacial score (nSPS) is 24.9. The van der Waals surface area contributed by atoms with E-state index in [4.69, 9.17) is 4.74 Å². The topological polar surface area (TPSA) is 38.3 Å². The highest BCUT2D eigenvalue weighted by molar-refractivity contribution is 5.67. The predicted octanol–water partition coefficient (Wildman–Crippen LogP) is 3.74. The molecule has 110 valence electrons. The van der Waals surface area contributed by atoms with Crippen molar-refractivity contribution in [3.8, 4) is 0 Å². The van der Waals surface area contributed by atoms with Gasteiger partial charge in [0.25, 0.3) is 0 Å². The number of halogens is 2. The van der Waals surface area contributed by atoms with Crippen LogP contribution in [0, 0.1) is 5.92 Å². The summed E-state index contributed by atoms with van der Waals surface area (Å²) in [6.07, 6.45) is -0.623. The van der Waals surface area contributed by atoms with Gasteiger partial charge in [0.1, 0.15) is 6.61 Å². The molecule has 1 aromatic rings. The molecule has 0 unspecified atom stereocenters. The summed E-state index contributed by atoms with van der Waals surface area (Å²) in [5.74, 6) is -2.85. The number of carbonyl (C=O) groups excluding carboxylic acids is 1. The summed E-state index contributed by atoms with van der Waals surface area (Å²) in [4.78, 5) is 11.7. The van der Waals surface area contributed by atoms with Crippen molar-refractivity contribution < 1.29 is 18.3 Å². The van der Waals surface area contributed by atoms with Crippen molar-refractivity contribution >= 4 is 6.09 Å². The smallest absolute Gasteiger partial charge is 0.407 e. The average Bonchev–Trinajstić information content (AvgIpc) is 2.40. The van der Waals surface area contributed by atoms with Crippen LogP contribution in [-0.2, 0) is 11.3 Å². The standard InChI is InChI=1S/C15H19F2NO2/c1-11-9-15(16,17)8-7-13(11)18-14(19)20-10-12-5-3-2-4-6-12/h2-6,11,13H,7-10H2,1H3,(H,18,19)/t11-,13+/m0/s1. The van der Waals surface area contributed by atoms with Gasteiger partial charge in [-0.05, 0) is 17.9 Å². The summed E-state index contributed by atoms with van der Waals surface area (Å²) in [5, 5.41) is 2.68. The minimum Gasteiger partial charge on any atom is -0.445 e. The van der Waals surface area contributed by atoms with Crippen LogP contribution in [0.15, 0.2) is 30.3 Å². The zero-order valence-corrected chi connectivity index (χ0v) is 11.4. The highest BCUT2D eigenvalue weighted by atomic mass is 19.3. The van der Waals surface area contributed by atoms with E-state index in [9.17, 15) is 13.6 Å². The maximum absolute atomic E-state index is 13.2. The van der Waals surface area contributed by atoms with E-state index in [1.165, 1.54) is 0 Å². The molecule has 1 aliphatic carbocycles. The molecule has 0 heterocycles. The van der Waals surface area contributed by atoms with Crippen molar-refractivity contribution in [2.24, 2.45) is 5.92 Å². The number of hydrogen-bond acceptors (Lipinski definition) is 2. The molecule has 0 aromatic heterocycles. The molecule has 3 nitrogen and oxygen atoms in total. The van der Waals surface area contributed by atoms with Crippen molar-refractivity contribution in [2.75, 3.05) is 0 Å². The van der Waals surface area contributed by atoms with Crippen molar-refractivity contribution in [1.82, 2.24) is 5.32 Å². The van der Waals surface area contributed by atoms with Crippen LogP contribution in [0.4, 0.5) is 13.6 Å². The minimum absolute atomic E-state index is 0.180. The Bertz CT molecular complexity index is 450. The van der Waals surface area contributed by atoms with Gasteiger partial charge in [0, 0.05) is 18.9 Å². The molecular weight excluding hydrogens is 264 g/mol. The number of amides is 1. The van der Waals surface area contributed by atoms with Crippen LogP contribution in [-0.4, -0.2) is 18.1 Å². The molecule has 0 saturated heterocycles. The number of ether oxygens (including phenoxy) is 1. The van der Waals surface area contributed by atoms with Gasteiger partial charge in [-0.3, -0.25) is 0 Å². The number of hydrogen-bond donors (Lipinski definition) is 1. The molecule has 2 atom stereocenters. The van der Waals surface area contributed by atoms with Gasteiger partial charge >= 0.3 is 6.09 Å². The van der Waals surface area contributed by atoms with Crippen LogP contribution >= 0.6 is 0 Å². The Morgan fingerprint density at radius 2 is 2.10 bits per heavy atom. The first kappa shape index (κ1) is 14.8. The Morgan fingerprint density at radius 1 is 1.40 bits per heavy atom. The summed E-state index contributed by atoms with van der Waals surface area (Å²) in [5.41, 5.74) is 0.894. The molecule has 20 heavy (non-hydrogen) atoms. The van der Waals surface area contributed by atoms with Crippen LogP contribution in [0.25, 0.3) is 0 Å². The van der Waals surface area contributed by atoms with E-state index in [1.807, 2.05) is 30.3 Å². The number of rotatable bonds is 3. The summed E-state index contributed by atoms with van der Waals surface area (Å²) >= 11 is 0. The lowest BCUT2D eigenvalue weighted by molar-refractivity contribution is -0.0581. The molecule has 1 saturated carbocycles. The summed E-state index contributed by atoms with van der Waals surface area (Å²) in [7, 11) is 0. The Hall–Kier alpha value is -1.65. The monoisotopic (exact) mass is 283 g/mol. The third kappa shape index (κ3) is 4.18. The molecule has 0 bridgehead atoms. The lowest BCUT2D eigenvalue weighted by Crippen LogP contribution is -2.45. The van der Waals surface area contributed by atoms with Gasteiger partial charge in [-0.15, -0.1) is 0 Å². The highest BCUT2D eigenvalue weighted by Gasteiger charge is 2.40. The molecule has 2 rings (SSSR count). The SMILES string of the molecule is C[C@H]1CC(F)(F)CC[C@H]1NC(=O)OCc1ccccc1. The molecule has 1 aromatic carbocycles.